The van der Waals surface area contributed by atoms with Crippen LogP contribution in [0.3, 0.4) is 0 Å². The lowest BCUT2D eigenvalue weighted by atomic mass is 10.0. The predicted molar refractivity (Wildman–Crippen MR) is 52.7 cm³/mol. The molecule has 4 nitrogen and oxygen atoms in total. The first-order valence-electron chi connectivity index (χ1n) is 4.04. The molecule has 0 aliphatic rings. The second kappa shape index (κ2) is 5.51. The molecule has 0 aromatic heterocycles. The Kier molecular flexibility index (Phi) is 5.03. The zero-order chi connectivity index (χ0) is 11.2. The number of ether oxygens (including phenoxy) is 1. The molecular formula is C9H12ClNO3. The van der Waals surface area contributed by atoms with Crippen LogP contribution in [-0.4, -0.2) is 30.4 Å². The summed E-state index contributed by atoms with van der Waals surface area (Å²) in [6, 6.07) is 0. The Hall–Kier alpha value is -1.21. The molecule has 0 unspecified atom stereocenters. The van der Waals surface area contributed by atoms with Gasteiger partial charge in [-0.1, -0.05) is 6.92 Å². The normalized spacial score (nSPS) is 13.6. The third kappa shape index (κ3) is 2.64. The summed E-state index contributed by atoms with van der Waals surface area (Å²) in [5.74, 6) is 0.595. The maximum atomic E-state index is 11.4. The van der Waals surface area contributed by atoms with E-state index in [1.807, 2.05) is 0 Å². The van der Waals surface area contributed by atoms with Crippen molar-refractivity contribution in [1.82, 2.24) is 5.32 Å². The number of carbonyl (C=O) groups excluding carboxylic acids is 2. The molecule has 0 saturated heterocycles. The summed E-state index contributed by atoms with van der Waals surface area (Å²) in [6.45, 7) is 1.65. The number of hydrogen-bond donors (Lipinski definition) is 1. The summed E-state index contributed by atoms with van der Waals surface area (Å²) >= 11 is 5.25. The first-order chi connectivity index (χ1) is 6.56. The van der Waals surface area contributed by atoms with E-state index in [9.17, 15) is 9.59 Å². The van der Waals surface area contributed by atoms with Crippen molar-refractivity contribution in [1.29, 1.82) is 0 Å². The molecule has 0 heterocycles. The van der Waals surface area contributed by atoms with E-state index in [4.69, 9.17) is 22.8 Å². The first kappa shape index (κ1) is 12.8. The Morgan fingerprint density at radius 1 is 1.64 bits per heavy atom. The Labute approximate surface area is 87.9 Å². The smallest absolute Gasteiger partial charge is 0.322 e. The number of terminal acetylenes is 1. The average molecular weight is 218 g/mol. The summed E-state index contributed by atoms with van der Waals surface area (Å²) < 4.78 is 4.82. The van der Waals surface area contributed by atoms with Crippen LogP contribution in [0.1, 0.15) is 13.3 Å². The van der Waals surface area contributed by atoms with E-state index in [1.54, 1.807) is 6.92 Å². The highest BCUT2D eigenvalue weighted by atomic mass is 35.5. The van der Waals surface area contributed by atoms with Crippen LogP contribution in [-0.2, 0) is 14.3 Å². The number of carbonyl (C=O) groups is 2. The fourth-order valence-corrected chi connectivity index (χ4v) is 0.954. The SMILES string of the molecule is C#C[C@@](CC)(OC(=O)CCl)C(=O)NC. The number of halogens is 1. The van der Waals surface area contributed by atoms with Crippen molar-refractivity contribution in [2.75, 3.05) is 12.9 Å². The van der Waals surface area contributed by atoms with E-state index in [1.165, 1.54) is 7.05 Å². The molecule has 0 fully saturated rings. The summed E-state index contributed by atoms with van der Waals surface area (Å²) in [6.07, 6.45) is 5.37. The Morgan fingerprint density at radius 3 is 2.50 bits per heavy atom. The van der Waals surface area contributed by atoms with Crippen molar-refractivity contribution < 1.29 is 14.3 Å². The van der Waals surface area contributed by atoms with E-state index in [0.717, 1.165) is 0 Å². The summed E-state index contributed by atoms with van der Waals surface area (Å²) in [7, 11) is 1.42. The maximum Gasteiger partial charge on any atom is 0.322 e. The molecule has 0 aromatic carbocycles. The van der Waals surface area contributed by atoms with Gasteiger partial charge in [0.25, 0.3) is 5.91 Å². The van der Waals surface area contributed by atoms with Crippen LogP contribution in [0.4, 0.5) is 0 Å². The van der Waals surface area contributed by atoms with E-state index in [0.29, 0.717) is 0 Å². The minimum absolute atomic E-state index is 0.200. The summed E-state index contributed by atoms with van der Waals surface area (Å²) in [4.78, 5) is 22.3. The first-order valence-corrected chi connectivity index (χ1v) is 4.57. The maximum absolute atomic E-state index is 11.4. The molecule has 0 rings (SSSR count). The fourth-order valence-electron chi connectivity index (χ4n) is 0.900. The Balaban J connectivity index is 4.82. The molecule has 1 N–H and O–H groups in total. The van der Waals surface area contributed by atoms with Gasteiger partial charge in [0.1, 0.15) is 5.88 Å². The molecule has 0 bridgehead atoms. The molecule has 0 aliphatic carbocycles. The molecule has 0 saturated carbocycles. The number of amides is 1. The zero-order valence-corrected chi connectivity index (χ0v) is 8.85. The van der Waals surface area contributed by atoms with Crippen molar-refractivity contribution in [3.8, 4) is 12.3 Å². The van der Waals surface area contributed by atoms with Gasteiger partial charge in [0.2, 0.25) is 5.60 Å². The standard InChI is InChI=1S/C9H12ClNO3/c1-4-9(5-2,8(13)11-3)14-7(12)6-10/h1H,5-6H2,2-3H3,(H,11,13)/t9-/m0/s1. The highest BCUT2D eigenvalue weighted by molar-refractivity contribution is 6.26. The topological polar surface area (TPSA) is 55.4 Å². The van der Waals surface area contributed by atoms with Crippen LogP contribution in [0.5, 0.6) is 0 Å². The minimum Gasteiger partial charge on any atom is -0.435 e. The number of nitrogens with one attached hydrogen (secondary N) is 1. The minimum atomic E-state index is -1.54. The van der Waals surface area contributed by atoms with Gasteiger partial charge in [-0.25, -0.2) is 0 Å². The van der Waals surface area contributed by atoms with Gasteiger partial charge in [0.15, 0.2) is 0 Å². The molecule has 1 atom stereocenters. The fraction of sp³-hybridized carbons (Fsp3) is 0.556. The van der Waals surface area contributed by atoms with Crippen LogP contribution in [0, 0.1) is 12.3 Å². The largest absolute Gasteiger partial charge is 0.435 e. The van der Waals surface area contributed by atoms with Crippen LogP contribution in [0.25, 0.3) is 0 Å². The summed E-state index contributed by atoms with van der Waals surface area (Å²) in [5.41, 5.74) is -1.54. The second-order valence-corrected chi connectivity index (χ2v) is 2.78. The lowest BCUT2D eigenvalue weighted by Crippen LogP contribution is -2.47. The molecule has 78 valence electrons. The predicted octanol–water partition coefficient (Wildman–Crippen LogP) is 0.296. The van der Waals surface area contributed by atoms with Crippen LogP contribution in [0.2, 0.25) is 0 Å². The van der Waals surface area contributed by atoms with Gasteiger partial charge in [-0.15, -0.1) is 18.0 Å². The van der Waals surface area contributed by atoms with Crippen LogP contribution in [0.15, 0.2) is 0 Å². The number of likely N-dealkylation sites (N-methyl/N-ethyl adjacent to an activating group) is 1. The van der Waals surface area contributed by atoms with Gasteiger partial charge in [0, 0.05) is 13.5 Å². The molecule has 0 radical (unpaired) electrons. The van der Waals surface area contributed by atoms with Crippen molar-refractivity contribution in [2.45, 2.75) is 18.9 Å². The van der Waals surface area contributed by atoms with Crippen LogP contribution >= 0.6 is 11.6 Å². The van der Waals surface area contributed by atoms with Gasteiger partial charge in [-0.3, -0.25) is 9.59 Å². The molecular weight excluding hydrogens is 206 g/mol. The van der Waals surface area contributed by atoms with Crippen molar-refractivity contribution in [3.05, 3.63) is 0 Å². The van der Waals surface area contributed by atoms with Gasteiger partial charge in [-0.05, 0) is 5.92 Å². The van der Waals surface area contributed by atoms with Gasteiger partial charge in [0.05, 0.1) is 0 Å². The number of hydrogen-bond acceptors (Lipinski definition) is 3. The van der Waals surface area contributed by atoms with Crippen LogP contribution < -0.4 is 5.32 Å². The quantitative estimate of drug-likeness (QED) is 0.419. The van der Waals surface area contributed by atoms with Gasteiger partial charge < -0.3 is 10.1 Å². The zero-order valence-electron chi connectivity index (χ0n) is 8.09. The van der Waals surface area contributed by atoms with E-state index in [2.05, 4.69) is 11.2 Å². The van der Waals surface area contributed by atoms with E-state index < -0.39 is 17.5 Å². The monoisotopic (exact) mass is 217 g/mol. The highest BCUT2D eigenvalue weighted by Gasteiger charge is 2.38. The van der Waals surface area contributed by atoms with Gasteiger partial charge in [-0.2, -0.15) is 0 Å². The van der Waals surface area contributed by atoms with E-state index in [-0.39, 0.29) is 12.3 Å². The Bertz CT molecular complexity index is 272. The molecule has 14 heavy (non-hydrogen) atoms. The average Bonchev–Trinajstić information content (AvgIpc) is 2.24. The second-order valence-electron chi connectivity index (χ2n) is 2.51. The molecule has 5 heteroatoms. The van der Waals surface area contributed by atoms with Gasteiger partial charge >= 0.3 is 5.97 Å². The third-order valence-corrected chi connectivity index (χ3v) is 1.94. The third-order valence-electron chi connectivity index (χ3n) is 1.72. The summed E-state index contributed by atoms with van der Waals surface area (Å²) in [5, 5.41) is 2.34. The molecule has 0 aliphatic heterocycles. The number of alkyl halides is 1. The molecule has 0 spiro atoms. The molecule has 0 aromatic rings. The Morgan fingerprint density at radius 2 is 2.21 bits per heavy atom. The van der Waals surface area contributed by atoms with Crippen molar-refractivity contribution in [2.24, 2.45) is 0 Å². The van der Waals surface area contributed by atoms with Crippen molar-refractivity contribution >= 4 is 23.5 Å². The number of rotatable bonds is 4. The number of esters is 1. The van der Waals surface area contributed by atoms with E-state index >= 15 is 0 Å². The highest BCUT2D eigenvalue weighted by Crippen LogP contribution is 2.15. The van der Waals surface area contributed by atoms with Crippen molar-refractivity contribution in [3.63, 3.8) is 0 Å². The molecule has 1 amide bonds. The lowest BCUT2D eigenvalue weighted by molar-refractivity contribution is -0.160. The lowest BCUT2D eigenvalue weighted by Gasteiger charge is -2.24.